The maximum Gasteiger partial charge on any atom is 0.244 e. The summed E-state index contributed by atoms with van der Waals surface area (Å²) >= 11 is 0. The first kappa shape index (κ1) is 21.5. The van der Waals surface area contributed by atoms with Crippen LogP contribution in [0.15, 0.2) is 61.2 Å². The molecule has 0 N–H and O–H groups in total. The number of nitrogens with zero attached hydrogens (tertiary/aromatic N) is 5. The van der Waals surface area contributed by atoms with Crippen molar-refractivity contribution < 1.29 is 14.3 Å². The van der Waals surface area contributed by atoms with E-state index in [0.717, 1.165) is 22.4 Å². The number of benzene rings is 2. The maximum atomic E-state index is 12.9. The Labute approximate surface area is 187 Å². The van der Waals surface area contributed by atoms with Crippen LogP contribution in [0.25, 0.3) is 11.1 Å². The van der Waals surface area contributed by atoms with Crippen LogP contribution in [0.4, 0.5) is 0 Å². The minimum Gasteiger partial charge on any atom is -0.497 e. The van der Waals surface area contributed by atoms with Gasteiger partial charge >= 0.3 is 0 Å². The molecule has 2 heterocycles. The van der Waals surface area contributed by atoms with Crippen LogP contribution in [0.3, 0.4) is 0 Å². The predicted molar refractivity (Wildman–Crippen MR) is 120 cm³/mol. The number of rotatable bonds is 6. The highest BCUT2D eigenvalue weighted by Gasteiger charge is 2.30. The second-order valence-corrected chi connectivity index (χ2v) is 8.02. The molecule has 0 saturated carbocycles. The SMILES string of the molecule is COc1ccc(-c2ccc(CC3CN(C(=O)Cn4cncn4)CCN(C)C3=O)cc2)cc1. The minimum atomic E-state index is -0.283. The Balaban J connectivity index is 1.45. The number of ether oxygens (including phenoxy) is 1. The van der Waals surface area contributed by atoms with Crippen molar-refractivity contribution in [1.82, 2.24) is 24.6 Å². The lowest BCUT2D eigenvalue weighted by molar-refractivity contribution is -0.134. The summed E-state index contributed by atoms with van der Waals surface area (Å²) in [4.78, 5) is 33.1. The van der Waals surface area contributed by atoms with Gasteiger partial charge in [-0.3, -0.25) is 9.59 Å². The molecule has 0 spiro atoms. The average molecular weight is 434 g/mol. The normalized spacial score (nSPS) is 16.7. The lowest BCUT2D eigenvalue weighted by Crippen LogP contribution is -2.39. The first-order valence-corrected chi connectivity index (χ1v) is 10.6. The number of hydrogen-bond donors (Lipinski definition) is 0. The minimum absolute atomic E-state index is 0.0570. The van der Waals surface area contributed by atoms with Crippen LogP contribution in [0.5, 0.6) is 5.75 Å². The van der Waals surface area contributed by atoms with E-state index in [1.165, 1.54) is 17.3 Å². The van der Waals surface area contributed by atoms with Crippen molar-refractivity contribution in [2.24, 2.45) is 5.92 Å². The number of aromatic nitrogens is 3. The molecule has 1 fully saturated rings. The number of carbonyl (C=O) groups excluding carboxylic acids is 2. The van der Waals surface area contributed by atoms with Crippen molar-refractivity contribution in [2.45, 2.75) is 13.0 Å². The fraction of sp³-hybridized carbons (Fsp3) is 0.333. The fourth-order valence-electron chi connectivity index (χ4n) is 3.96. The van der Waals surface area contributed by atoms with E-state index >= 15 is 0 Å². The van der Waals surface area contributed by atoms with Gasteiger partial charge in [0.15, 0.2) is 0 Å². The van der Waals surface area contributed by atoms with Crippen LogP contribution in [0, 0.1) is 5.92 Å². The second kappa shape index (κ2) is 9.64. The van der Waals surface area contributed by atoms with Crippen molar-refractivity contribution in [3.05, 3.63) is 66.7 Å². The van der Waals surface area contributed by atoms with E-state index in [9.17, 15) is 9.59 Å². The largest absolute Gasteiger partial charge is 0.497 e. The summed E-state index contributed by atoms with van der Waals surface area (Å²) in [6, 6.07) is 16.2. The molecule has 1 aliphatic heterocycles. The molecular weight excluding hydrogens is 406 g/mol. The quantitative estimate of drug-likeness (QED) is 0.595. The number of methoxy groups -OCH3 is 1. The molecule has 0 bridgehead atoms. The van der Waals surface area contributed by atoms with Gasteiger partial charge in [-0.2, -0.15) is 5.10 Å². The lowest BCUT2D eigenvalue weighted by Gasteiger charge is -2.23. The smallest absolute Gasteiger partial charge is 0.244 e. The van der Waals surface area contributed by atoms with Crippen LogP contribution in [-0.4, -0.2) is 70.2 Å². The topological polar surface area (TPSA) is 80.6 Å². The van der Waals surface area contributed by atoms with E-state index in [1.807, 2.05) is 24.3 Å². The highest BCUT2D eigenvalue weighted by Crippen LogP contribution is 2.24. The fourth-order valence-corrected chi connectivity index (χ4v) is 3.96. The molecule has 1 atom stereocenters. The van der Waals surface area contributed by atoms with Gasteiger partial charge in [0, 0.05) is 26.7 Å². The Kier molecular flexibility index (Phi) is 6.49. The number of amides is 2. The van der Waals surface area contributed by atoms with E-state index in [2.05, 4.69) is 34.3 Å². The summed E-state index contributed by atoms with van der Waals surface area (Å²) in [6.45, 7) is 1.57. The van der Waals surface area contributed by atoms with Gasteiger partial charge < -0.3 is 14.5 Å². The Hall–Kier alpha value is -3.68. The van der Waals surface area contributed by atoms with E-state index < -0.39 is 0 Å². The zero-order chi connectivity index (χ0) is 22.5. The van der Waals surface area contributed by atoms with E-state index in [-0.39, 0.29) is 24.3 Å². The van der Waals surface area contributed by atoms with Gasteiger partial charge in [-0.25, -0.2) is 9.67 Å². The van der Waals surface area contributed by atoms with Crippen LogP contribution < -0.4 is 4.74 Å². The number of hydrogen-bond acceptors (Lipinski definition) is 5. The Morgan fingerprint density at radius 2 is 1.75 bits per heavy atom. The van der Waals surface area contributed by atoms with Crippen LogP contribution >= 0.6 is 0 Å². The molecule has 0 radical (unpaired) electrons. The van der Waals surface area contributed by atoms with Gasteiger partial charge in [0.05, 0.1) is 13.0 Å². The summed E-state index contributed by atoms with van der Waals surface area (Å²) in [7, 11) is 3.45. The molecule has 1 aromatic heterocycles. The molecule has 1 unspecified atom stereocenters. The lowest BCUT2D eigenvalue weighted by atomic mass is 9.95. The Morgan fingerprint density at radius 1 is 1.06 bits per heavy atom. The first-order valence-electron chi connectivity index (χ1n) is 10.6. The van der Waals surface area contributed by atoms with Crippen LogP contribution in [0.2, 0.25) is 0 Å². The predicted octanol–water partition coefficient (Wildman–Crippen LogP) is 2.11. The van der Waals surface area contributed by atoms with Gasteiger partial charge in [-0.1, -0.05) is 36.4 Å². The van der Waals surface area contributed by atoms with Crippen molar-refractivity contribution in [2.75, 3.05) is 33.8 Å². The average Bonchev–Trinajstić information content (AvgIpc) is 3.29. The highest BCUT2D eigenvalue weighted by atomic mass is 16.5. The Morgan fingerprint density at radius 3 is 2.38 bits per heavy atom. The van der Waals surface area contributed by atoms with Crippen LogP contribution in [0.1, 0.15) is 5.56 Å². The summed E-state index contributed by atoms with van der Waals surface area (Å²) in [6.07, 6.45) is 3.51. The van der Waals surface area contributed by atoms with Crippen molar-refractivity contribution in [1.29, 1.82) is 0 Å². The van der Waals surface area contributed by atoms with Gasteiger partial charge in [-0.05, 0) is 35.2 Å². The second-order valence-electron chi connectivity index (χ2n) is 8.02. The summed E-state index contributed by atoms with van der Waals surface area (Å²) in [5.41, 5.74) is 3.28. The van der Waals surface area contributed by atoms with Gasteiger partial charge in [0.1, 0.15) is 24.9 Å². The molecule has 4 rings (SSSR count). The third-order valence-electron chi connectivity index (χ3n) is 5.85. The number of carbonyl (C=O) groups is 2. The maximum absolute atomic E-state index is 12.9. The molecule has 8 heteroatoms. The third-order valence-corrected chi connectivity index (χ3v) is 5.85. The van der Waals surface area contributed by atoms with Gasteiger partial charge in [0.25, 0.3) is 0 Å². The molecule has 3 aromatic rings. The summed E-state index contributed by atoms with van der Waals surface area (Å²) in [5, 5.41) is 4.01. The summed E-state index contributed by atoms with van der Waals surface area (Å²) < 4.78 is 6.73. The molecule has 2 amide bonds. The van der Waals surface area contributed by atoms with E-state index in [1.54, 1.807) is 24.0 Å². The summed E-state index contributed by atoms with van der Waals surface area (Å²) in [5.74, 6) is 0.553. The zero-order valence-electron chi connectivity index (χ0n) is 18.3. The molecule has 8 nitrogen and oxygen atoms in total. The number of likely N-dealkylation sites (N-methyl/N-ethyl adjacent to an activating group) is 1. The molecule has 166 valence electrons. The molecular formula is C24H27N5O3. The molecule has 1 saturated heterocycles. The van der Waals surface area contributed by atoms with Crippen molar-refractivity contribution >= 4 is 11.8 Å². The zero-order valence-corrected chi connectivity index (χ0v) is 18.3. The van der Waals surface area contributed by atoms with Crippen molar-refractivity contribution in [3.8, 4) is 16.9 Å². The molecule has 32 heavy (non-hydrogen) atoms. The van der Waals surface area contributed by atoms with Crippen LogP contribution in [-0.2, 0) is 22.6 Å². The van der Waals surface area contributed by atoms with Gasteiger partial charge in [-0.15, -0.1) is 0 Å². The highest BCUT2D eigenvalue weighted by molar-refractivity contribution is 5.82. The monoisotopic (exact) mass is 433 g/mol. The first-order chi connectivity index (χ1) is 15.5. The van der Waals surface area contributed by atoms with Crippen molar-refractivity contribution in [3.63, 3.8) is 0 Å². The third kappa shape index (κ3) is 4.96. The Bertz CT molecular complexity index is 1050. The molecule has 1 aliphatic rings. The van der Waals surface area contributed by atoms with Gasteiger partial charge in [0.2, 0.25) is 11.8 Å². The standard InChI is InChI=1S/C24H27N5O3/c1-27-11-12-28(23(30)15-29-17-25-16-26-29)14-21(24(27)31)13-18-3-5-19(6-4-18)20-7-9-22(32-2)10-8-20/h3-10,16-17,21H,11-15H2,1-2H3. The molecule has 0 aliphatic carbocycles. The molecule has 2 aromatic carbocycles. The van der Waals surface area contributed by atoms with E-state index in [0.29, 0.717) is 26.1 Å². The van der Waals surface area contributed by atoms with E-state index in [4.69, 9.17) is 4.74 Å².